The number of benzene rings is 1. The van der Waals surface area contributed by atoms with Crippen LogP contribution in [-0.2, 0) is 0 Å². The molecular weight excluding hydrogens is 297 g/mol. The number of carbonyl (C=O) groups is 1. The van der Waals surface area contributed by atoms with Crippen molar-refractivity contribution >= 4 is 21.9 Å². The lowest BCUT2D eigenvalue weighted by Crippen LogP contribution is -1.96. The van der Waals surface area contributed by atoms with Gasteiger partial charge in [-0.3, -0.25) is 0 Å². The number of hydrogen-bond acceptors (Lipinski definition) is 4. The number of rotatable bonds is 3. The summed E-state index contributed by atoms with van der Waals surface area (Å²) in [5.41, 5.74) is -0.285. The Labute approximate surface area is 103 Å². The van der Waals surface area contributed by atoms with Gasteiger partial charge < -0.3 is 14.3 Å². The number of nitrogens with zero attached hydrogens (tertiary/aromatic N) is 1. The monoisotopic (exact) mass is 301 g/mol. The van der Waals surface area contributed by atoms with E-state index in [0.29, 0.717) is 4.47 Å². The Hall–Kier alpha value is -1.89. The summed E-state index contributed by atoms with van der Waals surface area (Å²) >= 11 is 3.15. The van der Waals surface area contributed by atoms with Gasteiger partial charge in [0, 0.05) is 6.07 Å². The molecule has 0 saturated heterocycles. The van der Waals surface area contributed by atoms with Crippen molar-refractivity contribution in [1.29, 1.82) is 0 Å². The number of carboxylic acids is 1. The fraction of sp³-hybridized carbons (Fsp3) is 0. The fourth-order valence-electron chi connectivity index (χ4n) is 1.05. The number of carboxylic acid groups (broad SMARTS) is 1. The SMILES string of the molecule is O=C(O)c1coc(Oc2cc(F)ccc2Br)n1. The molecule has 88 valence electrons. The molecule has 2 rings (SSSR count). The van der Waals surface area contributed by atoms with E-state index in [1.54, 1.807) is 0 Å². The fourth-order valence-corrected chi connectivity index (χ4v) is 1.38. The van der Waals surface area contributed by atoms with Crippen LogP contribution in [0.1, 0.15) is 10.5 Å². The van der Waals surface area contributed by atoms with Crippen LogP contribution in [0.3, 0.4) is 0 Å². The molecule has 1 aromatic carbocycles. The van der Waals surface area contributed by atoms with E-state index in [-0.39, 0.29) is 17.5 Å². The van der Waals surface area contributed by atoms with E-state index in [9.17, 15) is 9.18 Å². The summed E-state index contributed by atoms with van der Waals surface area (Å²) in [6.45, 7) is 0. The quantitative estimate of drug-likeness (QED) is 0.943. The smallest absolute Gasteiger partial charge is 0.399 e. The van der Waals surface area contributed by atoms with Crippen molar-refractivity contribution in [2.24, 2.45) is 0 Å². The lowest BCUT2D eigenvalue weighted by molar-refractivity contribution is 0.0690. The predicted octanol–water partition coefficient (Wildman–Crippen LogP) is 3.07. The molecule has 0 aliphatic heterocycles. The molecule has 0 radical (unpaired) electrons. The van der Waals surface area contributed by atoms with Crippen LogP contribution in [0.15, 0.2) is 33.4 Å². The Kier molecular flexibility index (Phi) is 3.10. The van der Waals surface area contributed by atoms with Gasteiger partial charge in [0.1, 0.15) is 17.8 Å². The Bertz CT molecular complexity index is 569. The molecule has 7 heteroatoms. The zero-order valence-corrected chi connectivity index (χ0v) is 9.77. The van der Waals surface area contributed by atoms with Crippen molar-refractivity contribution in [1.82, 2.24) is 4.98 Å². The van der Waals surface area contributed by atoms with E-state index in [1.165, 1.54) is 12.1 Å². The van der Waals surface area contributed by atoms with Crippen LogP contribution in [-0.4, -0.2) is 16.1 Å². The van der Waals surface area contributed by atoms with Crippen molar-refractivity contribution < 1.29 is 23.4 Å². The Morgan fingerprint density at radius 3 is 2.94 bits per heavy atom. The third kappa shape index (κ3) is 2.62. The van der Waals surface area contributed by atoms with Crippen LogP contribution >= 0.6 is 15.9 Å². The highest BCUT2D eigenvalue weighted by Gasteiger charge is 2.13. The third-order valence-corrected chi connectivity index (χ3v) is 2.45. The molecule has 1 N–H and O–H groups in total. The largest absolute Gasteiger partial charge is 0.476 e. The van der Waals surface area contributed by atoms with Crippen LogP contribution in [0.25, 0.3) is 0 Å². The average molecular weight is 302 g/mol. The van der Waals surface area contributed by atoms with E-state index >= 15 is 0 Å². The topological polar surface area (TPSA) is 72.6 Å². The first-order valence-corrected chi connectivity index (χ1v) is 5.17. The summed E-state index contributed by atoms with van der Waals surface area (Å²) in [6.07, 6.45) is 0.666. The molecule has 1 heterocycles. The minimum absolute atomic E-state index is 0.142. The molecule has 2 aromatic rings. The highest BCUT2D eigenvalue weighted by molar-refractivity contribution is 9.10. The second kappa shape index (κ2) is 4.54. The highest BCUT2D eigenvalue weighted by atomic mass is 79.9. The van der Waals surface area contributed by atoms with E-state index < -0.39 is 11.8 Å². The van der Waals surface area contributed by atoms with E-state index in [1.807, 2.05) is 0 Å². The van der Waals surface area contributed by atoms with Crippen LogP contribution in [0.2, 0.25) is 0 Å². The average Bonchev–Trinajstić information content (AvgIpc) is 2.72. The summed E-state index contributed by atoms with van der Waals surface area (Å²) in [4.78, 5) is 14.1. The normalized spacial score (nSPS) is 10.2. The van der Waals surface area contributed by atoms with Gasteiger partial charge in [-0.2, -0.15) is 4.98 Å². The summed E-state index contributed by atoms with van der Waals surface area (Å²) in [5.74, 6) is -1.58. The molecule has 0 saturated carbocycles. The van der Waals surface area contributed by atoms with Gasteiger partial charge in [-0.05, 0) is 28.1 Å². The lowest BCUT2D eigenvalue weighted by atomic mass is 10.3. The van der Waals surface area contributed by atoms with Gasteiger partial charge in [0.25, 0.3) is 0 Å². The molecule has 17 heavy (non-hydrogen) atoms. The third-order valence-electron chi connectivity index (χ3n) is 1.79. The molecule has 0 fully saturated rings. The maximum atomic E-state index is 12.9. The molecule has 0 bridgehead atoms. The number of aromatic carboxylic acids is 1. The van der Waals surface area contributed by atoms with E-state index in [4.69, 9.17) is 14.3 Å². The zero-order chi connectivity index (χ0) is 12.4. The van der Waals surface area contributed by atoms with E-state index in [0.717, 1.165) is 12.3 Å². The maximum absolute atomic E-state index is 12.9. The van der Waals surface area contributed by atoms with Crippen molar-refractivity contribution in [3.05, 3.63) is 40.4 Å². The summed E-state index contributed by atoms with van der Waals surface area (Å²) in [7, 11) is 0. The molecule has 0 spiro atoms. The molecule has 0 unspecified atom stereocenters. The molecule has 0 amide bonds. The predicted molar refractivity (Wildman–Crippen MR) is 57.6 cm³/mol. The second-order valence-corrected chi connectivity index (χ2v) is 3.83. The minimum atomic E-state index is -1.23. The number of hydrogen-bond donors (Lipinski definition) is 1. The molecule has 0 aliphatic rings. The van der Waals surface area contributed by atoms with Gasteiger partial charge in [0.15, 0.2) is 5.69 Å². The standard InChI is InChI=1S/C10H5BrFNO4/c11-6-2-1-5(12)3-8(6)17-10-13-7(4-16-10)9(14)15/h1-4H,(H,14,15). The van der Waals surface area contributed by atoms with Crippen LogP contribution < -0.4 is 4.74 Å². The summed E-state index contributed by atoms with van der Waals surface area (Å²) < 4.78 is 23.3. The Morgan fingerprint density at radius 2 is 2.29 bits per heavy atom. The van der Waals surface area contributed by atoms with Gasteiger partial charge in [-0.25, -0.2) is 9.18 Å². The van der Waals surface area contributed by atoms with Crippen molar-refractivity contribution in [3.8, 4) is 11.8 Å². The first kappa shape index (κ1) is 11.6. The van der Waals surface area contributed by atoms with Crippen molar-refractivity contribution in [2.45, 2.75) is 0 Å². The maximum Gasteiger partial charge on any atom is 0.399 e. The lowest BCUT2D eigenvalue weighted by Gasteiger charge is -2.02. The molecule has 0 aliphatic carbocycles. The summed E-state index contributed by atoms with van der Waals surface area (Å²) in [6, 6.07) is 3.82. The Balaban J connectivity index is 2.25. The minimum Gasteiger partial charge on any atom is -0.476 e. The van der Waals surface area contributed by atoms with Gasteiger partial charge in [-0.1, -0.05) is 0 Å². The van der Waals surface area contributed by atoms with Gasteiger partial charge in [-0.15, -0.1) is 0 Å². The number of halogens is 2. The van der Waals surface area contributed by atoms with Crippen LogP contribution in [0.5, 0.6) is 11.8 Å². The van der Waals surface area contributed by atoms with Gasteiger partial charge in [0.2, 0.25) is 0 Å². The van der Waals surface area contributed by atoms with Gasteiger partial charge in [0.05, 0.1) is 4.47 Å². The number of oxazole rings is 1. The van der Waals surface area contributed by atoms with Crippen molar-refractivity contribution in [3.63, 3.8) is 0 Å². The molecular formula is C10H5BrFNO4. The Morgan fingerprint density at radius 1 is 1.53 bits per heavy atom. The first-order valence-electron chi connectivity index (χ1n) is 4.38. The number of aromatic nitrogens is 1. The van der Waals surface area contributed by atoms with E-state index in [2.05, 4.69) is 20.9 Å². The van der Waals surface area contributed by atoms with Crippen LogP contribution in [0.4, 0.5) is 4.39 Å². The van der Waals surface area contributed by atoms with Gasteiger partial charge >= 0.3 is 12.0 Å². The second-order valence-electron chi connectivity index (χ2n) is 2.98. The zero-order valence-electron chi connectivity index (χ0n) is 8.18. The summed E-state index contributed by atoms with van der Waals surface area (Å²) in [5, 5.41) is 8.62. The van der Waals surface area contributed by atoms with Crippen LogP contribution in [0, 0.1) is 5.82 Å². The molecule has 1 aromatic heterocycles. The molecule has 5 nitrogen and oxygen atoms in total. The highest BCUT2D eigenvalue weighted by Crippen LogP contribution is 2.29. The first-order chi connectivity index (χ1) is 8.06. The van der Waals surface area contributed by atoms with Crippen molar-refractivity contribution in [2.75, 3.05) is 0 Å². The number of ether oxygens (including phenoxy) is 1. The molecule has 0 atom stereocenters.